The molecule has 0 radical (unpaired) electrons. The molecule has 4 nitrogen and oxygen atoms in total. The van der Waals surface area contributed by atoms with Gasteiger partial charge in [0.2, 0.25) is 0 Å². The number of likely N-dealkylation sites (tertiary alicyclic amines) is 1. The van der Waals surface area contributed by atoms with Crippen LogP contribution >= 0.6 is 0 Å². The number of nitrogens with zero attached hydrogens (tertiary/aromatic N) is 1. The standard InChI is InChI=1S/C10H19NO3/c1-3-8(10(13)14)11-6-4-5-9(11)7(2)12/h7-9,12H,3-6H2,1-2H3,(H,13,14). The Kier molecular flexibility index (Phi) is 3.89. The van der Waals surface area contributed by atoms with Gasteiger partial charge in [-0.05, 0) is 32.7 Å². The van der Waals surface area contributed by atoms with Crippen molar-refractivity contribution in [2.45, 2.75) is 51.3 Å². The second-order valence-corrected chi connectivity index (χ2v) is 3.95. The summed E-state index contributed by atoms with van der Waals surface area (Å²) in [6, 6.07) is -0.409. The summed E-state index contributed by atoms with van der Waals surface area (Å²) in [6.45, 7) is 4.40. The van der Waals surface area contributed by atoms with Crippen molar-refractivity contribution in [1.82, 2.24) is 4.90 Å². The number of aliphatic carboxylic acids is 1. The molecule has 3 atom stereocenters. The topological polar surface area (TPSA) is 60.8 Å². The van der Waals surface area contributed by atoms with Crippen molar-refractivity contribution >= 4 is 5.97 Å². The minimum atomic E-state index is -0.778. The van der Waals surface area contributed by atoms with Crippen LogP contribution in [0.3, 0.4) is 0 Å². The van der Waals surface area contributed by atoms with Gasteiger partial charge in [0, 0.05) is 6.04 Å². The monoisotopic (exact) mass is 201 g/mol. The van der Waals surface area contributed by atoms with Crippen LogP contribution in [0.1, 0.15) is 33.1 Å². The van der Waals surface area contributed by atoms with E-state index >= 15 is 0 Å². The lowest BCUT2D eigenvalue weighted by atomic mass is 10.1. The molecule has 1 saturated heterocycles. The number of carboxylic acids is 1. The maximum absolute atomic E-state index is 11.0. The molecule has 0 aromatic heterocycles. The minimum absolute atomic E-state index is 0.0241. The summed E-state index contributed by atoms with van der Waals surface area (Å²) in [5.41, 5.74) is 0. The molecule has 14 heavy (non-hydrogen) atoms. The van der Waals surface area contributed by atoms with Gasteiger partial charge in [-0.25, -0.2) is 0 Å². The van der Waals surface area contributed by atoms with Gasteiger partial charge in [-0.3, -0.25) is 9.69 Å². The molecule has 0 saturated carbocycles. The molecule has 3 unspecified atom stereocenters. The van der Waals surface area contributed by atoms with Crippen LogP contribution in [0.25, 0.3) is 0 Å². The maximum Gasteiger partial charge on any atom is 0.320 e. The van der Waals surface area contributed by atoms with E-state index in [0.717, 1.165) is 19.4 Å². The largest absolute Gasteiger partial charge is 0.480 e. The lowest BCUT2D eigenvalue weighted by molar-refractivity contribution is -0.144. The van der Waals surface area contributed by atoms with Crippen LogP contribution in [-0.4, -0.2) is 45.8 Å². The molecular weight excluding hydrogens is 182 g/mol. The van der Waals surface area contributed by atoms with Crippen molar-refractivity contribution in [1.29, 1.82) is 0 Å². The van der Waals surface area contributed by atoms with Crippen molar-refractivity contribution in [3.05, 3.63) is 0 Å². The summed E-state index contributed by atoms with van der Waals surface area (Å²) in [7, 11) is 0. The third-order valence-corrected chi connectivity index (χ3v) is 2.97. The zero-order valence-corrected chi connectivity index (χ0v) is 8.81. The first-order valence-electron chi connectivity index (χ1n) is 5.24. The van der Waals surface area contributed by atoms with Gasteiger partial charge in [0.1, 0.15) is 6.04 Å². The lowest BCUT2D eigenvalue weighted by Gasteiger charge is -2.31. The van der Waals surface area contributed by atoms with Crippen molar-refractivity contribution in [2.75, 3.05) is 6.54 Å². The Balaban J connectivity index is 2.69. The van der Waals surface area contributed by atoms with Crippen LogP contribution in [0.5, 0.6) is 0 Å². The number of carboxylic acid groups (broad SMARTS) is 1. The normalized spacial score (nSPS) is 27.5. The van der Waals surface area contributed by atoms with Gasteiger partial charge in [0.25, 0.3) is 0 Å². The molecule has 82 valence electrons. The fraction of sp³-hybridized carbons (Fsp3) is 0.900. The number of rotatable bonds is 4. The molecule has 1 aliphatic heterocycles. The van der Waals surface area contributed by atoms with Gasteiger partial charge in [-0.15, -0.1) is 0 Å². The number of aliphatic hydroxyl groups excluding tert-OH is 1. The Morgan fingerprint density at radius 3 is 2.71 bits per heavy atom. The predicted molar refractivity (Wildman–Crippen MR) is 53.1 cm³/mol. The molecule has 2 N–H and O–H groups in total. The van der Waals surface area contributed by atoms with E-state index in [4.69, 9.17) is 5.11 Å². The summed E-state index contributed by atoms with van der Waals surface area (Å²) < 4.78 is 0. The van der Waals surface area contributed by atoms with Gasteiger partial charge in [0.05, 0.1) is 6.10 Å². The van der Waals surface area contributed by atoms with E-state index in [-0.39, 0.29) is 6.04 Å². The number of carbonyl (C=O) groups is 1. The predicted octanol–water partition coefficient (Wildman–Crippen LogP) is 0.695. The second kappa shape index (κ2) is 4.75. The molecule has 1 heterocycles. The molecule has 0 spiro atoms. The highest BCUT2D eigenvalue weighted by atomic mass is 16.4. The van der Waals surface area contributed by atoms with E-state index in [0.29, 0.717) is 6.42 Å². The summed E-state index contributed by atoms with van der Waals surface area (Å²) in [5, 5.41) is 18.5. The SMILES string of the molecule is CCC(C(=O)O)N1CCCC1C(C)O. The van der Waals surface area contributed by atoms with Gasteiger partial charge >= 0.3 is 5.97 Å². The smallest absolute Gasteiger partial charge is 0.320 e. The van der Waals surface area contributed by atoms with E-state index in [2.05, 4.69) is 0 Å². The Morgan fingerprint density at radius 1 is 1.64 bits per heavy atom. The maximum atomic E-state index is 11.0. The molecule has 1 rings (SSSR count). The van der Waals surface area contributed by atoms with Gasteiger partial charge in [-0.1, -0.05) is 6.92 Å². The van der Waals surface area contributed by atoms with E-state index < -0.39 is 18.1 Å². The second-order valence-electron chi connectivity index (χ2n) is 3.95. The van der Waals surface area contributed by atoms with E-state index in [1.807, 2.05) is 11.8 Å². The average molecular weight is 201 g/mol. The summed E-state index contributed by atoms with van der Waals surface area (Å²) in [6.07, 6.45) is 2.05. The average Bonchev–Trinajstić information content (AvgIpc) is 2.53. The fourth-order valence-electron chi connectivity index (χ4n) is 2.27. The fourth-order valence-corrected chi connectivity index (χ4v) is 2.27. The van der Waals surface area contributed by atoms with E-state index in [1.165, 1.54) is 0 Å². The summed E-state index contributed by atoms with van der Waals surface area (Å²) in [4.78, 5) is 12.9. The van der Waals surface area contributed by atoms with E-state index in [1.54, 1.807) is 6.92 Å². The van der Waals surface area contributed by atoms with Crippen LogP contribution in [0, 0.1) is 0 Å². The Morgan fingerprint density at radius 2 is 2.29 bits per heavy atom. The van der Waals surface area contributed by atoms with Crippen LogP contribution < -0.4 is 0 Å². The number of aliphatic hydroxyl groups is 1. The van der Waals surface area contributed by atoms with Crippen LogP contribution in [-0.2, 0) is 4.79 Å². The molecule has 1 fully saturated rings. The van der Waals surface area contributed by atoms with Crippen LogP contribution in [0.2, 0.25) is 0 Å². The molecule has 0 aromatic rings. The van der Waals surface area contributed by atoms with Crippen molar-refractivity contribution in [2.24, 2.45) is 0 Å². The van der Waals surface area contributed by atoms with Crippen LogP contribution in [0.15, 0.2) is 0 Å². The minimum Gasteiger partial charge on any atom is -0.480 e. The summed E-state index contributed by atoms with van der Waals surface area (Å²) in [5.74, 6) is -0.778. The van der Waals surface area contributed by atoms with Crippen LogP contribution in [0.4, 0.5) is 0 Å². The summed E-state index contributed by atoms with van der Waals surface area (Å²) >= 11 is 0. The van der Waals surface area contributed by atoms with Crippen molar-refractivity contribution < 1.29 is 15.0 Å². The molecule has 0 aromatic carbocycles. The molecule has 1 aliphatic rings. The number of hydrogen-bond donors (Lipinski definition) is 2. The van der Waals surface area contributed by atoms with Gasteiger partial charge in [-0.2, -0.15) is 0 Å². The number of hydrogen-bond acceptors (Lipinski definition) is 3. The Labute approximate surface area is 84.5 Å². The Hall–Kier alpha value is -0.610. The first-order chi connectivity index (χ1) is 6.57. The highest BCUT2D eigenvalue weighted by molar-refractivity contribution is 5.73. The van der Waals surface area contributed by atoms with Crippen molar-refractivity contribution in [3.8, 4) is 0 Å². The third kappa shape index (κ3) is 2.25. The zero-order valence-electron chi connectivity index (χ0n) is 8.81. The third-order valence-electron chi connectivity index (χ3n) is 2.97. The quantitative estimate of drug-likeness (QED) is 0.702. The molecule has 4 heteroatoms. The lowest BCUT2D eigenvalue weighted by Crippen LogP contribution is -2.47. The molecule has 0 aliphatic carbocycles. The van der Waals surface area contributed by atoms with Gasteiger partial charge in [0.15, 0.2) is 0 Å². The highest BCUT2D eigenvalue weighted by Gasteiger charge is 2.35. The molecule has 0 amide bonds. The van der Waals surface area contributed by atoms with Crippen molar-refractivity contribution in [3.63, 3.8) is 0 Å². The molecular formula is C10H19NO3. The first kappa shape index (κ1) is 11.5. The first-order valence-corrected chi connectivity index (χ1v) is 5.24. The molecule has 0 bridgehead atoms. The Bertz CT molecular complexity index is 206. The van der Waals surface area contributed by atoms with Gasteiger partial charge < -0.3 is 10.2 Å². The zero-order chi connectivity index (χ0) is 10.7. The highest BCUT2D eigenvalue weighted by Crippen LogP contribution is 2.24. The van der Waals surface area contributed by atoms with E-state index in [9.17, 15) is 9.90 Å².